The number of amides is 1. The number of nitrogens with zero attached hydrogens (tertiary/aromatic N) is 2. The van der Waals surface area contributed by atoms with Crippen LogP contribution in [0.3, 0.4) is 0 Å². The Balaban J connectivity index is 1.57. The van der Waals surface area contributed by atoms with Gasteiger partial charge in [-0.2, -0.15) is 5.10 Å². The lowest BCUT2D eigenvalue weighted by Crippen LogP contribution is -2.47. The summed E-state index contributed by atoms with van der Waals surface area (Å²) >= 11 is 0. The standard InChI is InChI=1S/C16H20N4O2/c1-3-22-14-8-13(9-14)18-16(21)12-6-4-11(5-7-12)15-17-10(2)19-20-15/h4-7,13-14H,3,8-9H2,1-2H3,(H,18,21)(H,17,19,20). The molecule has 1 amide bonds. The largest absolute Gasteiger partial charge is 0.378 e. The maximum Gasteiger partial charge on any atom is 0.251 e. The molecule has 1 saturated carbocycles. The van der Waals surface area contributed by atoms with Gasteiger partial charge in [-0.3, -0.25) is 9.89 Å². The van der Waals surface area contributed by atoms with Crippen LogP contribution in [0.1, 0.15) is 35.9 Å². The van der Waals surface area contributed by atoms with Crippen LogP contribution in [0.4, 0.5) is 0 Å². The Labute approximate surface area is 129 Å². The Morgan fingerprint density at radius 3 is 2.68 bits per heavy atom. The van der Waals surface area contributed by atoms with Gasteiger partial charge >= 0.3 is 0 Å². The van der Waals surface area contributed by atoms with Crippen LogP contribution in [0.15, 0.2) is 24.3 Å². The number of hydrogen-bond acceptors (Lipinski definition) is 4. The van der Waals surface area contributed by atoms with Crippen molar-refractivity contribution >= 4 is 5.91 Å². The van der Waals surface area contributed by atoms with E-state index in [1.54, 1.807) is 12.1 Å². The third-order valence-electron chi connectivity index (χ3n) is 3.83. The molecule has 1 aromatic carbocycles. The number of carbonyl (C=O) groups is 1. The second-order valence-corrected chi connectivity index (χ2v) is 5.54. The van der Waals surface area contributed by atoms with Crippen molar-refractivity contribution in [3.8, 4) is 11.4 Å². The zero-order valence-corrected chi connectivity index (χ0v) is 12.8. The minimum atomic E-state index is -0.0438. The van der Waals surface area contributed by atoms with Crippen LogP contribution in [0, 0.1) is 6.92 Å². The quantitative estimate of drug-likeness (QED) is 0.886. The average Bonchev–Trinajstić information content (AvgIpc) is 2.92. The first-order chi connectivity index (χ1) is 10.7. The average molecular weight is 300 g/mol. The second-order valence-electron chi connectivity index (χ2n) is 5.54. The van der Waals surface area contributed by atoms with Gasteiger partial charge in [0.15, 0.2) is 5.82 Å². The predicted molar refractivity (Wildman–Crippen MR) is 82.5 cm³/mol. The van der Waals surface area contributed by atoms with E-state index in [4.69, 9.17) is 4.74 Å². The molecule has 1 aliphatic rings. The van der Waals surface area contributed by atoms with E-state index in [-0.39, 0.29) is 11.9 Å². The molecule has 1 heterocycles. The first-order valence-corrected chi connectivity index (χ1v) is 7.57. The summed E-state index contributed by atoms with van der Waals surface area (Å²) in [5.41, 5.74) is 1.54. The van der Waals surface area contributed by atoms with Crippen molar-refractivity contribution in [3.05, 3.63) is 35.7 Å². The normalized spacial score (nSPS) is 20.5. The molecule has 0 aliphatic heterocycles. The maximum absolute atomic E-state index is 12.2. The summed E-state index contributed by atoms with van der Waals surface area (Å²) in [6.45, 7) is 4.57. The van der Waals surface area contributed by atoms with E-state index < -0.39 is 0 Å². The number of ether oxygens (including phenoxy) is 1. The highest BCUT2D eigenvalue weighted by atomic mass is 16.5. The maximum atomic E-state index is 12.2. The Bertz CT molecular complexity index is 644. The molecule has 1 aromatic heterocycles. The Morgan fingerprint density at radius 1 is 1.36 bits per heavy atom. The lowest BCUT2D eigenvalue weighted by molar-refractivity contribution is -0.00862. The molecular formula is C16H20N4O2. The molecule has 22 heavy (non-hydrogen) atoms. The monoisotopic (exact) mass is 300 g/mol. The van der Waals surface area contributed by atoms with Gasteiger partial charge in [-0.15, -0.1) is 0 Å². The molecule has 0 spiro atoms. The summed E-state index contributed by atoms with van der Waals surface area (Å²) in [4.78, 5) is 16.4. The van der Waals surface area contributed by atoms with Crippen LogP contribution in [-0.2, 0) is 4.74 Å². The van der Waals surface area contributed by atoms with Crippen LogP contribution >= 0.6 is 0 Å². The van der Waals surface area contributed by atoms with Gasteiger partial charge in [0.25, 0.3) is 5.91 Å². The number of aromatic nitrogens is 3. The molecule has 3 rings (SSSR count). The van der Waals surface area contributed by atoms with Crippen molar-refractivity contribution < 1.29 is 9.53 Å². The number of aryl methyl sites for hydroxylation is 1. The van der Waals surface area contributed by atoms with Gasteiger partial charge in [-0.05, 0) is 38.8 Å². The summed E-state index contributed by atoms with van der Waals surface area (Å²) in [6, 6.07) is 7.55. The molecule has 0 saturated heterocycles. The first-order valence-electron chi connectivity index (χ1n) is 7.57. The highest BCUT2D eigenvalue weighted by molar-refractivity contribution is 5.94. The topological polar surface area (TPSA) is 79.9 Å². The predicted octanol–water partition coefficient (Wildman–Crippen LogP) is 2.08. The Morgan fingerprint density at radius 2 is 2.09 bits per heavy atom. The van der Waals surface area contributed by atoms with Crippen LogP contribution in [0.25, 0.3) is 11.4 Å². The summed E-state index contributed by atoms with van der Waals surface area (Å²) in [5, 5.41) is 9.94. The third-order valence-corrected chi connectivity index (χ3v) is 3.83. The first kappa shape index (κ1) is 14.7. The lowest BCUT2D eigenvalue weighted by atomic mass is 9.89. The molecule has 1 fully saturated rings. The summed E-state index contributed by atoms with van der Waals surface area (Å²) < 4.78 is 5.49. The molecule has 6 nitrogen and oxygen atoms in total. The number of aromatic amines is 1. The van der Waals surface area contributed by atoms with Crippen molar-refractivity contribution in [2.75, 3.05) is 6.61 Å². The minimum absolute atomic E-state index is 0.0438. The van der Waals surface area contributed by atoms with Gasteiger partial charge in [0, 0.05) is 23.8 Å². The number of rotatable bonds is 5. The van der Waals surface area contributed by atoms with E-state index in [0.29, 0.717) is 17.5 Å². The van der Waals surface area contributed by atoms with Gasteiger partial charge in [0.05, 0.1) is 6.10 Å². The van der Waals surface area contributed by atoms with E-state index in [1.165, 1.54) is 0 Å². The molecule has 2 N–H and O–H groups in total. The van der Waals surface area contributed by atoms with Gasteiger partial charge in [0.2, 0.25) is 0 Å². The fourth-order valence-corrected chi connectivity index (χ4v) is 2.57. The zero-order valence-electron chi connectivity index (χ0n) is 12.8. The number of hydrogen-bond donors (Lipinski definition) is 2. The van der Waals surface area contributed by atoms with Crippen molar-refractivity contribution in [1.82, 2.24) is 20.5 Å². The van der Waals surface area contributed by atoms with Gasteiger partial charge in [0.1, 0.15) is 5.82 Å². The Hall–Kier alpha value is -2.21. The molecule has 1 aliphatic carbocycles. The molecule has 0 unspecified atom stereocenters. The zero-order chi connectivity index (χ0) is 15.5. The van der Waals surface area contributed by atoms with E-state index in [0.717, 1.165) is 30.8 Å². The smallest absolute Gasteiger partial charge is 0.251 e. The third kappa shape index (κ3) is 3.17. The van der Waals surface area contributed by atoms with E-state index in [9.17, 15) is 4.79 Å². The van der Waals surface area contributed by atoms with E-state index in [1.807, 2.05) is 26.0 Å². The highest BCUT2D eigenvalue weighted by Crippen LogP contribution is 2.23. The molecule has 116 valence electrons. The van der Waals surface area contributed by atoms with E-state index in [2.05, 4.69) is 20.5 Å². The molecule has 2 aromatic rings. The van der Waals surface area contributed by atoms with Crippen LogP contribution < -0.4 is 5.32 Å². The van der Waals surface area contributed by atoms with Crippen molar-refractivity contribution in [2.24, 2.45) is 0 Å². The van der Waals surface area contributed by atoms with Crippen molar-refractivity contribution in [3.63, 3.8) is 0 Å². The van der Waals surface area contributed by atoms with Crippen molar-refractivity contribution in [2.45, 2.75) is 38.8 Å². The highest BCUT2D eigenvalue weighted by Gasteiger charge is 2.30. The lowest BCUT2D eigenvalue weighted by Gasteiger charge is -2.35. The van der Waals surface area contributed by atoms with Gasteiger partial charge in [-0.25, -0.2) is 4.98 Å². The molecule has 0 bridgehead atoms. The van der Waals surface area contributed by atoms with Gasteiger partial charge in [-0.1, -0.05) is 12.1 Å². The number of H-pyrrole nitrogens is 1. The molecule has 6 heteroatoms. The Kier molecular flexibility index (Phi) is 4.20. The minimum Gasteiger partial charge on any atom is -0.378 e. The van der Waals surface area contributed by atoms with Gasteiger partial charge < -0.3 is 10.1 Å². The fourth-order valence-electron chi connectivity index (χ4n) is 2.57. The SMILES string of the molecule is CCOC1CC(NC(=O)c2ccc(-c3n[nH]c(C)n3)cc2)C1. The van der Waals surface area contributed by atoms with Crippen LogP contribution in [0.5, 0.6) is 0 Å². The molecule has 0 atom stereocenters. The molecule has 0 radical (unpaired) electrons. The number of benzene rings is 1. The number of carbonyl (C=O) groups excluding carboxylic acids is 1. The van der Waals surface area contributed by atoms with Crippen LogP contribution in [-0.4, -0.2) is 39.8 Å². The summed E-state index contributed by atoms with van der Waals surface area (Å²) in [5.74, 6) is 1.37. The van der Waals surface area contributed by atoms with E-state index >= 15 is 0 Å². The van der Waals surface area contributed by atoms with Crippen LogP contribution in [0.2, 0.25) is 0 Å². The molecular weight excluding hydrogens is 280 g/mol. The summed E-state index contributed by atoms with van der Waals surface area (Å²) in [6.07, 6.45) is 2.09. The number of nitrogens with one attached hydrogen (secondary N) is 2. The summed E-state index contributed by atoms with van der Waals surface area (Å²) in [7, 11) is 0. The fraction of sp³-hybridized carbons (Fsp3) is 0.438. The van der Waals surface area contributed by atoms with Crippen molar-refractivity contribution in [1.29, 1.82) is 0 Å². The second kappa shape index (κ2) is 6.27.